The Morgan fingerprint density at radius 2 is 1.91 bits per heavy atom. The van der Waals surface area contributed by atoms with Crippen molar-refractivity contribution in [3.8, 4) is 0 Å². The SMILES string of the molecule is C=C(C(N)C(=O)O)C(C)(C)C. The van der Waals surface area contributed by atoms with E-state index < -0.39 is 12.0 Å². The van der Waals surface area contributed by atoms with Gasteiger partial charge in [0.2, 0.25) is 0 Å². The lowest BCUT2D eigenvalue weighted by atomic mass is 9.83. The number of aliphatic carboxylic acids is 1. The molecule has 0 aromatic carbocycles. The third kappa shape index (κ3) is 2.72. The minimum atomic E-state index is -1.02. The van der Waals surface area contributed by atoms with Crippen LogP contribution in [0.4, 0.5) is 0 Å². The number of carbonyl (C=O) groups is 1. The summed E-state index contributed by atoms with van der Waals surface area (Å²) in [5.74, 6) is -1.02. The van der Waals surface area contributed by atoms with Crippen LogP contribution < -0.4 is 5.73 Å². The van der Waals surface area contributed by atoms with Gasteiger partial charge in [0, 0.05) is 0 Å². The predicted molar refractivity (Wildman–Crippen MR) is 44.2 cm³/mol. The Morgan fingerprint density at radius 1 is 1.55 bits per heavy atom. The molecule has 0 radical (unpaired) electrons. The number of carboxylic acid groups (broad SMARTS) is 1. The maximum absolute atomic E-state index is 10.4. The smallest absolute Gasteiger partial charge is 0.324 e. The standard InChI is InChI=1S/C8H15NO2/c1-5(8(2,3)4)6(9)7(10)11/h6H,1,9H2,2-4H3,(H,10,11). The van der Waals surface area contributed by atoms with Crippen LogP contribution in [0.1, 0.15) is 20.8 Å². The minimum Gasteiger partial charge on any atom is -0.480 e. The van der Waals surface area contributed by atoms with Gasteiger partial charge in [0.25, 0.3) is 0 Å². The Hall–Kier alpha value is -0.830. The van der Waals surface area contributed by atoms with Crippen molar-refractivity contribution in [3.63, 3.8) is 0 Å². The Morgan fingerprint density at radius 3 is 2.00 bits per heavy atom. The van der Waals surface area contributed by atoms with E-state index in [-0.39, 0.29) is 5.41 Å². The highest BCUT2D eigenvalue weighted by Crippen LogP contribution is 2.25. The number of hydrogen-bond acceptors (Lipinski definition) is 2. The van der Waals surface area contributed by atoms with Gasteiger partial charge in [-0.1, -0.05) is 27.4 Å². The second-order valence-corrected chi connectivity index (χ2v) is 3.59. The molecule has 1 unspecified atom stereocenters. The average molecular weight is 157 g/mol. The van der Waals surface area contributed by atoms with Crippen LogP contribution >= 0.6 is 0 Å². The normalized spacial score (nSPS) is 14.2. The summed E-state index contributed by atoms with van der Waals surface area (Å²) >= 11 is 0. The second kappa shape index (κ2) is 3.05. The van der Waals surface area contributed by atoms with Crippen molar-refractivity contribution >= 4 is 5.97 Å². The van der Waals surface area contributed by atoms with Crippen LogP contribution in [0.5, 0.6) is 0 Å². The number of nitrogens with two attached hydrogens (primary N) is 1. The summed E-state index contributed by atoms with van der Waals surface area (Å²) < 4.78 is 0. The lowest BCUT2D eigenvalue weighted by Gasteiger charge is -2.24. The maximum Gasteiger partial charge on any atom is 0.324 e. The van der Waals surface area contributed by atoms with Gasteiger partial charge in [-0.05, 0) is 11.0 Å². The Kier molecular flexibility index (Phi) is 2.82. The molecule has 0 rings (SSSR count). The van der Waals surface area contributed by atoms with Gasteiger partial charge in [0.1, 0.15) is 6.04 Å². The quantitative estimate of drug-likeness (QED) is 0.588. The number of hydrogen-bond donors (Lipinski definition) is 2. The third-order valence-corrected chi connectivity index (χ3v) is 1.60. The summed E-state index contributed by atoms with van der Waals surface area (Å²) in [5.41, 5.74) is 5.66. The van der Waals surface area contributed by atoms with Crippen LogP contribution in [0, 0.1) is 5.41 Å². The van der Waals surface area contributed by atoms with Crippen molar-refractivity contribution in [2.75, 3.05) is 0 Å². The van der Waals surface area contributed by atoms with Gasteiger partial charge in [-0.15, -0.1) is 0 Å². The molecule has 3 heteroatoms. The first-order chi connectivity index (χ1) is 4.76. The zero-order valence-corrected chi connectivity index (χ0v) is 7.22. The maximum atomic E-state index is 10.4. The van der Waals surface area contributed by atoms with Gasteiger partial charge < -0.3 is 10.8 Å². The van der Waals surface area contributed by atoms with Crippen LogP contribution in [0.2, 0.25) is 0 Å². The third-order valence-electron chi connectivity index (χ3n) is 1.60. The first-order valence-electron chi connectivity index (χ1n) is 3.44. The number of rotatable bonds is 2. The van der Waals surface area contributed by atoms with Gasteiger partial charge in [-0.25, -0.2) is 0 Å². The van der Waals surface area contributed by atoms with Gasteiger partial charge in [0.05, 0.1) is 0 Å². The fourth-order valence-corrected chi connectivity index (χ4v) is 0.616. The van der Waals surface area contributed by atoms with Crippen molar-refractivity contribution in [1.82, 2.24) is 0 Å². The summed E-state index contributed by atoms with van der Waals surface area (Å²) in [6.45, 7) is 9.30. The predicted octanol–water partition coefficient (Wildman–Crippen LogP) is 1.00. The Bertz CT molecular complexity index is 179. The summed E-state index contributed by atoms with van der Waals surface area (Å²) in [7, 11) is 0. The van der Waals surface area contributed by atoms with Gasteiger partial charge in [0.15, 0.2) is 0 Å². The van der Waals surface area contributed by atoms with E-state index >= 15 is 0 Å². The summed E-state index contributed by atoms with van der Waals surface area (Å²) in [6.07, 6.45) is 0. The molecule has 0 aliphatic rings. The van der Waals surface area contributed by atoms with Crippen molar-refractivity contribution in [1.29, 1.82) is 0 Å². The van der Waals surface area contributed by atoms with Crippen LogP contribution in [0.15, 0.2) is 12.2 Å². The van der Waals surface area contributed by atoms with Crippen LogP contribution in [-0.2, 0) is 4.79 Å². The average Bonchev–Trinajstić information content (AvgIpc) is 1.82. The van der Waals surface area contributed by atoms with E-state index in [1.807, 2.05) is 20.8 Å². The molecule has 3 nitrogen and oxygen atoms in total. The number of carboxylic acids is 1. The lowest BCUT2D eigenvalue weighted by molar-refractivity contribution is -0.137. The van der Waals surface area contributed by atoms with Crippen LogP contribution in [0.3, 0.4) is 0 Å². The van der Waals surface area contributed by atoms with Crippen molar-refractivity contribution in [3.05, 3.63) is 12.2 Å². The van der Waals surface area contributed by atoms with Gasteiger partial charge in [-0.3, -0.25) is 4.79 Å². The second-order valence-electron chi connectivity index (χ2n) is 3.59. The van der Waals surface area contributed by atoms with E-state index in [0.717, 1.165) is 0 Å². The molecule has 0 spiro atoms. The topological polar surface area (TPSA) is 63.3 Å². The van der Waals surface area contributed by atoms with E-state index in [0.29, 0.717) is 5.57 Å². The molecule has 0 bridgehead atoms. The molecular formula is C8H15NO2. The Labute approximate surface area is 66.9 Å². The van der Waals surface area contributed by atoms with Gasteiger partial charge in [-0.2, -0.15) is 0 Å². The molecule has 0 amide bonds. The van der Waals surface area contributed by atoms with E-state index in [2.05, 4.69) is 6.58 Å². The zero-order valence-electron chi connectivity index (χ0n) is 7.22. The first-order valence-corrected chi connectivity index (χ1v) is 3.44. The molecule has 0 fully saturated rings. The molecule has 1 atom stereocenters. The molecule has 0 aromatic heterocycles. The molecule has 0 aliphatic heterocycles. The summed E-state index contributed by atoms with van der Waals surface area (Å²) in [6, 6.07) is -0.949. The van der Waals surface area contributed by atoms with Crippen LogP contribution in [0.25, 0.3) is 0 Å². The molecule has 0 aromatic rings. The molecule has 0 saturated carbocycles. The highest BCUT2D eigenvalue weighted by atomic mass is 16.4. The van der Waals surface area contributed by atoms with Crippen molar-refractivity contribution in [2.24, 2.45) is 11.1 Å². The van der Waals surface area contributed by atoms with E-state index in [1.54, 1.807) is 0 Å². The fraction of sp³-hybridized carbons (Fsp3) is 0.625. The first kappa shape index (κ1) is 10.2. The van der Waals surface area contributed by atoms with Gasteiger partial charge >= 0.3 is 5.97 Å². The molecule has 3 N–H and O–H groups in total. The van der Waals surface area contributed by atoms with E-state index in [4.69, 9.17) is 10.8 Å². The monoisotopic (exact) mass is 157 g/mol. The van der Waals surface area contributed by atoms with Crippen LogP contribution in [-0.4, -0.2) is 17.1 Å². The fourth-order valence-electron chi connectivity index (χ4n) is 0.616. The molecular weight excluding hydrogens is 142 g/mol. The zero-order chi connectivity index (χ0) is 9.23. The highest BCUT2D eigenvalue weighted by molar-refractivity contribution is 5.77. The lowest BCUT2D eigenvalue weighted by Crippen LogP contribution is -2.36. The van der Waals surface area contributed by atoms with Crippen molar-refractivity contribution in [2.45, 2.75) is 26.8 Å². The molecule has 0 saturated heterocycles. The molecule has 64 valence electrons. The summed E-state index contributed by atoms with van der Waals surface area (Å²) in [5, 5.41) is 8.53. The van der Waals surface area contributed by atoms with E-state index in [1.165, 1.54) is 0 Å². The Balaban J connectivity index is 4.39. The highest BCUT2D eigenvalue weighted by Gasteiger charge is 2.25. The molecule has 0 aliphatic carbocycles. The molecule has 11 heavy (non-hydrogen) atoms. The summed E-state index contributed by atoms with van der Waals surface area (Å²) in [4.78, 5) is 10.4. The molecule has 0 heterocycles. The van der Waals surface area contributed by atoms with E-state index in [9.17, 15) is 4.79 Å². The minimum absolute atomic E-state index is 0.238. The largest absolute Gasteiger partial charge is 0.480 e. The van der Waals surface area contributed by atoms with Crippen molar-refractivity contribution < 1.29 is 9.90 Å².